The number of nitrogens with one attached hydrogen (secondary N) is 1. The Morgan fingerprint density at radius 2 is 1.86 bits per heavy atom. The average molecular weight is 396 g/mol. The second kappa shape index (κ2) is 9.91. The zero-order chi connectivity index (χ0) is 20.6. The summed E-state index contributed by atoms with van der Waals surface area (Å²) in [5, 5.41) is 3.79. The van der Waals surface area contributed by atoms with Crippen LogP contribution in [-0.2, 0) is 4.79 Å². The molecule has 3 amide bonds. The summed E-state index contributed by atoms with van der Waals surface area (Å²) in [6.07, 6.45) is 4.21. The second-order valence-corrected chi connectivity index (χ2v) is 6.91. The van der Waals surface area contributed by atoms with E-state index in [0.717, 1.165) is 22.9 Å². The number of rotatable bonds is 6. The molecule has 1 saturated heterocycles. The first kappa shape index (κ1) is 20.6. The lowest BCUT2D eigenvalue weighted by Crippen LogP contribution is -2.52. The normalized spacial score (nSPS) is 14.4. The monoisotopic (exact) mass is 396 g/mol. The molecule has 7 heteroatoms. The zero-order valence-electron chi connectivity index (χ0n) is 17.1. The summed E-state index contributed by atoms with van der Waals surface area (Å²) in [5.74, 6) is 0.464. The highest BCUT2D eigenvalue weighted by molar-refractivity contribution is 5.93. The Morgan fingerprint density at radius 1 is 1.14 bits per heavy atom. The molecular weight excluding hydrogens is 368 g/mol. The maximum atomic E-state index is 12.6. The van der Waals surface area contributed by atoms with Gasteiger partial charge in [0.05, 0.1) is 12.1 Å². The number of nitrogens with zero attached hydrogens (tertiary/aromatic N) is 3. The lowest BCUT2D eigenvalue weighted by Gasteiger charge is -2.34. The molecule has 1 N–H and O–H groups in total. The maximum Gasteiger partial charge on any atom is 0.317 e. The third kappa shape index (κ3) is 5.25. The van der Waals surface area contributed by atoms with Crippen LogP contribution in [0, 0.1) is 0 Å². The highest BCUT2D eigenvalue weighted by Crippen LogP contribution is 2.24. The first-order valence-corrected chi connectivity index (χ1v) is 10.1. The van der Waals surface area contributed by atoms with E-state index in [4.69, 9.17) is 4.74 Å². The minimum absolute atomic E-state index is 0.0739. The predicted octanol–water partition coefficient (Wildman–Crippen LogP) is 2.91. The molecule has 2 aromatic rings. The molecule has 0 bridgehead atoms. The van der Waals surface area contributed by atoms with Crippen LogP contribution in [0.3, 0.4) is 0 Å². The van der Waals surface area contributed by atoms with Crippen LogP contribution >= 0.6 is 0 Å². The predicted molar refractivity (Wildman–Crippen MR) is 114 cm³/mol. The fourth-order valence-electron chi connectivity index (χ4n) is 3.21. The first-order chi connectivity index (χ1) is 14.1. The molecule has 0 aliphatic carbocycles. The van der Waals surface area contributed by atoms with E-state index < -0.39 is 0 Å². The number of hydrogen-bond acceptors (Lipinski definition) is 4. The molecule has 1 aliphatic heterocycles. The van der Waals surface area contributed by atoms with Crippen molar-refractivity contribution in [2.24, 2.45) is 0 Å². The van der Waals surface area contributed by atoms with Gasteiger partial charge in [0, 0.05) is 49.7 Å². The Bertz CT molecular complexity index is 889. The van der Waals surface area contributed by atoms with Crippen molar-refractivity contribution in [2.75, 3.05) is 39.3 Å². The minimum Gasteiger partial charge on any atom is -0.477 e. The number of fused-ring (bicyclic) bond motifs is 1. The summed E-state index contributed by atoms with van der Waals surface area (Å²) in [6.45, 7) is 7.22. The van der Waals surface area contributed by atoms with Crippen LogP contribution in [0.1, 0.15) is 25.8 Å². The van der Waals surface area contributed by atoms with Gasteiger partial charge in [0.15, 0.2) is 0 Å². The van der Waals surface area contributed by atoms with Crippen LogP contribution in [0.15, 0.2) is 36.4 Å². The molecule has 154 valence electrons. The molecule has 0 spiro atoms. The van der Waals surface area contributed by atoms with E-state index >= 15 is 0 Å². The largest absolute Gasteiger partial charge is 0.477 e. The number of ether oxygens (including phenoxy) is 1. The summed E-state index contributed by atoms with van der Waals surface area (Å²) in [4.78, 5) is 32.6. The Morgan fingerprint density at radius 3 is 2.59 bits per heavy atom. The van der Waals surface area contributed by atoms with Crippen molar-refractivity contribution in [1.29, 1.82) is 0 Å². The van der Waals surface area contributed by atoms with Crippen molar-refractivity contribution in [3.63, 3.8) is 0 Å². The molecule has 29 heavy (non-hydrogen) atoms. The highest BCUT2D eigenvalue weighted by Gasteiger charge is 2.22. The molecule has 0 atom stereocenters. The van der Waals surface area contributed by atoms with Gasteiger partial charge in [-0.15, -0.1) is 0 Å². The zero-order valence-corrected chi connectivity index (χ0v) is 17.1. The number of carbonyl (C=O) groups is 2. The van der Waals surface area contributed by atoms with Gasteiger partial charge in [0.1, 0.15) is 0 Å². The van der Waals surface area contributed by atoms with Crippen molar-refractivity contribution in [3.8, 4) is 5.88 Å². The van der Waals surface area contributed by atoms with Gasteiger partial charge in [0.2, 0.25) is 11.8 Å². The quantitative estimate of drug-likeness (QED) is 0.762. The van der Waals surface area contributed by atoms with Crippen LogP contribution in [-0.4, -0.2) is 66.1 Å². The Kier molecular flexibility index (Phi) is 7.05. The second-order valence-electron chi connectivity index (χ2n) is 6.91. The molecule has 3 rings (SSSR count). The van der Waals surface area contributed by atoms with Crippen molar-refractivity contribution in [3.05, 3.63) is 42.0 Å². The van der Waals surface area contributed by atoms with Crippen LogP contribution in [0.4, 0.5) is 4.79 Å². The number of hydrogen-bond donors (Lipinski definition) is 1. The first-order valence-electron chi connectivity index (χ1n) is 10.1. The van der Waals surface area contributed by atoms with E-state index in [1.165, 1.54) is 0 Å². The van der Waals surface area contributed by atoms with Gasteiger partial charge in [-0.2, -0.15) is 0 Å². The van der Waals surface area contributed by atoms with Gasteiger partial charge in [-0.05, 0) is 31.6 Å². The molecule has 0 saturated carbocycles. The van der Waals surface area contributed by atoms with Crippen LogP contribution < -0.4 is 10.1 Å². The summed E-state index contributed by atoms with van der Waals surface area (Å²) in [5.41, 5.74) is 1.65. The number of carbonyl (C=O) groups excluding carboxylic acids is 2. The van der Waals surface area contributed by atoms with E-state index in [1.807, 2.05) is 44.2 Å². The Balaban J connectivity index is 1.69. The summed E-state index contributed by atoms with van der Waals surface area (Å²) in [6, 6.07) is 9.76. The van der Waals surface area contributed by atoms with E-state index in [1.54, 1.807) is 22.0 Å². The Hall–Kier alpha value is -3.09. The highest BCUT2D eigenvalue weighted by atomic mass is 16.5. The SMILES string of the molecule is CCCOc1nc2ccccc2cc1/C=C/C(=O)N1CCN(C(=O)NCC)CC1. The van der Waals surface area contributed by atoms with Gasteiger partial charge in [-0.1, -0.05) is 25.1 Å². The van der Waals surface area contributed by atoms with Crippen LogP contribution in [0.25, 0.3) is 17.0 Å². The van der Waals surface area contributed by atoms with Gasteiger partial charge in [-0.3, -0.25) is 4.79 Å². The third-order valence-corrected chi connectivity index (χ3v) is 4.77. The number of piperazine rings is 1. The number of benzene rings is 1. The van der Waals surface area contributed by atoms with Crippen LogP contribution in [0.2, 0.25) is 0 Å². The fourth-order valence-corrected chi connectivity index (χ4v) is 3.21. The Labute approximate surface area is 171 Å². The van der Waals surface area contributed by atoms with Gasteiger partial charge in [-0.25, -0.2) is 9.78 Å². The summed E-state index contributed by atoms with van der Waals surface area (Å²) < 4.78 is 5.80. The van der Waals surface area contributed by atoms with Gasteiger partial charge >= 0.3 is 6.03 Å². The summed E-state index contributed by atoms with van der Waals surface area (Å²) in [7, 11) is 0. The molecule has 1 aliphatic rings. The molecule has 1 fully saturated rings. The topological polar surface area (TPSA) is 74.8 Å². The van der Waals surface area contributed by atoms with E-state index in [2.05, 4.69) is 10.3 Å². The van der Waals surface area contributed by atoms with Gasteiger partial charge < -0.3 is 19.9 Å². The molecule has 2 heterocycles. The van der Waals surface area contributed by atoms with Gasteiger partial charge in [0.25, 0.3) is 0 Å². The standard InChI is InChI=1S/C22H28N4O3/c1-3-15-29-21-18(16-17-7-5-6-8-19(17)24-21)9-10-20(27)25-11-13-26(14-12-25)22(28)23-4-2/h5-10,16H,3-4,11-15H2,1-2H3,(H,23,28)/b10-9+. The third-order valence-electron chi connectivity index (χ3n) is 4.77. The number of urea groups is 1. The van der Waals surface area contributed by atoms with E-state index in [0.29, 0.717) is 45.2 Å². The molecule has 0 unspecified atom stereocenters. The molecule has 0 radical (unpaired) electrons. The lowest BCUT2D eigenvalue weighted by atomic mass is 10.1. The summed E-state index contributed by atoms with van der Waals surface area (Å²) >= 11 is 0. The molecular formula is C22H28N4O3. The van der Waals surface area contributed by atoms with E-state index in [9.17, 15) is 9.59 Å². The maximum absolute atomic E-state index is 12.6. The van der Waals surface area contributed by atoms with E-state index in [-0.39, 0.29) is 11.9 Å². The number of aromatic nitrogens is 1. The van der Waals surface area contributed by atoms with Crippen molar-refractivity contribution < 1.29 is 14.3 Å². The van der Waals surface area contributed by atoms with Crippen molar-refractivity contribution >= 4 is 28.9 Å². The van der Waals surface area contributed by atoms with Crippen LogP contribution in [0.5, 0.6) is 5.88 Å². The average Bonchev–Trinajstić information content (AvgIpc) is 2.76. The number of amides is 3. The smallest absolute Gasteiger partial charge is 0.317 e. The van der Waals surface area contributed by atoms with Crippen molar-refractivity contribution in [2.45, 2.75) is 20.3 Å². The number of para-hydroxylation sites is 1. The van der Waals surface area contributed by atoms with Crippen molar-refractivity contribution in [1.82, 2.24) is 20.1 Å². The molecule has 1 aromatic heterocycles. The molecule has 7 nitrogen and oxygen atoms in total. The lowest BCUT2D eigenvalue weighted by molar-refractivity contribution is -0.127. The molecule has 1 aromatic carbocycles. The minimum atomic E-state index is -0.0740. The fraction of sp³-hybridized carbons (Fsp3) is 0.409. The number of pyridine rings is 1.